The van der Waals surface area contributed by atoms with Gasteiger partial charge in [0.25, 0.3) is 0 Å². The molecule has 1 spiro atoms. The van der Waals surface area contributed by atoms with E-state index in [9.17, 15) is 5.11 Å². The van der Waals surface area contributed by atoms with E-state index in [-0.39, 0.29) is 11.7 Å². The molecule has 3 nitrogen and oxygen atoms in total. The Bertz CT molecular complexity index is 134. The van der Waals surface area contributed by atoms with E-state index >= 15 is 0 Å². The smallest absolute Gasteiger partial charge is 0.0954 e. The van der Waals surface area contributed by atoms with E-state index < -0.39 is 0 Å². The van der Waals surface area contributed by atoms with E-state index in [2.05, 4.69) is 5.32 Å². The molecule has 0 saturated carbocycles. The molecule has 0 aromatic rings. The molecular weight excluding hydrogens is 130 g/mol. The summed E-state index contributed by atoms with van der Waals surface area (Å²) in [6, 6.07) is 0. The maximum Gasteiger partial charge on any atom is 0.0954 e. The number of hydrogen-bond acceptors (Lipinski definition) is 3. The summed E-state index contributed by atoms with van der Waals surface area (Å²) in [5, 5.41) is 12.5. The van der Waals surface area contributed by atoms with Gasteiger partial charge in [0.05, 0.1) is 11.7 Å². The first-order valence-electron chi connectivity index (χ1n) is 3.84. The van der Waals surface area contributed by atoms with Crippen LogP contribution in [0.25, 0.3) is 0 Å². The van der Waals surface area contributed by atoms with Gasteiger partial charge in [0.1, 0.15) is 0 Å². The lowest BCUT2D eigenvalue weighted by molar-refractivity contribution is -0.142. The van der Waals surface area contributed by atoms with Gasteiger partial charge in [0, 0.05) is 26.1 Å². The third-order valence-electron chi connectivity index (χ3n) is 2.36. The molecule has 1 atom stereocenters. The van der Waals surface area contributed by atoms with Crippen LogP contribution in [0.2, 0.25) is 0 Å². The van der Waals surface area contributed by atoms with E-state index in [1.807, 2.05) is 0 Å². The van der Waals surface area contributed by atoms with Crippen molar-refractivity contribution < 1.29 is 9.84 Å². The van der Waals surface area contributed by atoms with Crippen molar-refractivity contribution in [3.05, 3.63) is 0 Å². The van der Waals surface area contributed by atoms with Crippen molar-refractivity contribution in [3.63, 3.8) is 0 Å². The van der Waals surface area contributed by atoms with Gasteiger partial charge in [0.15, 0.2) is 0 Å². The largest absolute Gasteiger partial charge is 0.393 e. The maximum absolute atomic E-state index is 9.30. The fourth-order valence-corrected chi connectivity index (χ4v) is 1.65. The highest BCUT2D eigenvalue weighted by atomic mass is 16.5. The second-order valence-electron chi connectivity index (χ2n) is 3.28. The van der Waals surface area contributed by atoms with E-state index in [1.54, 1.807) is 0 Å². The van der Waals surface area contributed by atoms with Crippen molar-refractivity contribution in [1.82, 2.24) is 5.32 Å². The lowest BCUT2D eigenvalue weighted by Crippen LogP contribution is -2.64. The first-order chi connectivity index (χ1) is 4.81. The van der Waals surface area contributed by atoms with Crippen LogP contribution in [0.15, 0.2) is 0 Å². The van der Waals surface area contributed by atoms with Crippen molar-refractivity contribution >= 4 is 0 Å². The summed E-state index contributed by atoms with van der Waals surface area (Å²) in [4.78, 5) is 0. The fraction of sp³-hybridized carbons (Fsp3) is 1.00. The molecule has 1 unspecified atom stereocenters. The summed E-state index contributed by atoms with van der Waals surface area (Å²) in [6.45, 7) is 2.57. The molecule has 0 amide bonds. The standard InChI is InChI=1S/C7H13NO2/c9-6-1-2-10-7(3-6)4-8-5-7/h6,8-9H,1-5H2. The number of nitrogens with one attached hydrogen (secondary N) is 1. The average molecular weight is 143 g/mol. The van der Waals surface area contributed by atoms with Crippen LogP contribution < -0.4 is 5.32 Å². The molecule has 2 rings (SSSR count). The van der Waals surface area contributed by atoms with Gasteiger partial charge in [-0.25, -0.2) is 0 Å². The average Bonchev–Trinajstić information content (AvgIpc) is 1.85. The zero-order chi connectivity index (χ0) is 7.03. The molecule has 2 fully saturated rings. The van der Waals surface area contributed by atoms with Crippen LogP contribution in [-0.2, 0) is 4.74 Å². The van der Waals surface area contributed by atoms with Crippen LogP contribution in [0.4, 0.5) is 0 Å². The molecule has 0 radical (unpaired) electrons. The van der Waals surface area contributed by atoms with Gasteiger partial charge >= 0.3 is 0 Å². The lowest BCUT2D eigenvalue weighted by atomic mass is 9.87. The van der Waals surface area contributed by atoms with E-state index in [4.69, 9.17) is 4.74 Å². The Hall–Kier alpha value is -0.120. The zero-order valence-electron chi connectivity index (χ0n) is 5.97. The molecule has 0 aliphatic carbocycles. The highest BCUT2D eigenvalue weighted by molar-refractivity contribution is 4.98. The van der Waals surface area contributed by atoms with Gasteiger partial charge in [-0.05, 0) is 6.42 Å². The predicted molar refractivity (Wildman–Crippen MR) is 36.8 cm³/mol. The van der Waals surface area contributed by atoms with E-state index in [0.717, 1.165) is 32.5 Å². The van der Waals surface area contributed by atoms with Crippen molar-refractivity contribution in [1.29, 1.82) is 0 Å². The Kier molecular flexibility index (Phi) is 1.44. The molecule has 10 heavy (non-hydrogen) atoms. The minimum absolute atomic E-state index is 0.0116. The highest BCUT2D eigenvalue weighted by Gasteiger charge is 2.42. The van der Waals surface area contributed by atoms with Crippen LogP contribution in [0.5, 0.6) is 0 Å². The Morgan fingerprint density at radius 2 is 2.30 bits per heavy atom. The number of aliphatic hydroxyl groups is 1. The summed E-state index contributed by atoms with van der Waals surface area (Å²) in [5.74, 6) is 0. The normalized spacial score (nSPS) is 37.5. The Balaban J connectivity index is 1.96. The molecule has 2 aliphatic rings. The fourth-order valence-electron chi connectivity index (χ4n) is 1.65. The summed E-state index contributed by atoms with van der Waals surface area (Å²) < 4.78 is 5.55. The van der Waals surface area contributed by atoms with Gasteiger partial charge in [-0.1, -0.05) is 0 Å². The third kappa shape index (κ3) is 0.944. The molecule has 58 valence electrons. The minimum Gasteiger partial charge on any atom is -0.393 e. The first kappa shape index (κ1) is 6.58. The monoisotopic (exact) mass is 143 g/mol. The summed E-state index contributed by atoms with van der Waals surface area (Å²) >= 11 is 0. The predicted octanol–water partition coefficient (Wildman–Crippen LogP) is -0.500. The highest BCUT2D eigenvalue weighted by Crippen LogP contribution is 2.28. The van der Waals surface area contributed by atoms with Crippen LogP contribution in [-0.4, -0.2) is 36.5 Å². The van der Waals surface area contributed by atoms with E-state index in [1.165, 1.54) is 0 Å². The number of hydrogen-bond donors (Lipinski definition) is 2. The van der Waals surface area contributed by atoms with Gasteiger partial charge < -0.3 is 15.2 Å². The van der Waals surface area contributed by atoms with Crippen molar-refractivity contribution in [2.24, 2.45) is 0 Å². The van der Waals surface area contributed by atoms with E-state index in [0.29, 0.717) is 0 Å². The molecule has 2 heterocycles. The molecule has 2 saturated heterocycles. The summed E-state index contributed by atoms with van der Waals surface area (Å²) in [5.41, 5.74) is 0.0116. The van der Waals surface area contributed by atoms with Gasteiger partial charge in [0.2, 0.25) is 0 Å². The Labute approximate surface area is 60.4 Å². The number of rotatable bonds is 0. The van der Waals surface area contributed by atoms with Crippen molar-refractivity contribution in [2.75, 3.05) is 19.7 Å². The SMILES string of the molecule is OC1CCOC2(CNC2)C1. The molecule has 0 aromatic carbocycles. The molecule has 2 N–H and O–H groups in total. The van der Waals surface area contributed by atoms with Gasteiger partial charge in [-0.15, -0.1) is 0 Å². The number of aliphatic hydroxyl groups excluding tert-OH is 1. The molecule has 0 bridgehead atoms. The second kappa shape index (κ2) is 2.19. The maximum atomic E-state index is 9.30. The van der Waals surface area contributed by atoms with Gasteiger partial charge in [-0.3, -0.25) is 0 Å². The zero-order valence-corrected chi connectivity index (χ0v) is 5.97. The van der Waals surface area contributed by atoms with Crippen LogP contribution in [0, 0.1) is 0 Å². The Morgan fingerprint density at radius 1 is 1.50 bits per heavy atom. The van der Waals surface area contributed by atoms with Crippen LogP contribution >= 0.6 is 0 Å². The lowest BCUT2D eigenvalue weighted by Gasteiger charge is -2.46. The van der Waals surface area contributed by atoms with Crippen molar-refractivity contribution in [2.45, 2.75) is 24.5 Å². The van der Waals surface area contributed by atoms with Crippen molar-refractivity contribution in [3.8, 4) is 0 Å². The van der Waals surface area contributed by atoms with Crippen LogP contribution in [0.1, 0.15) is 12.8 Å². The summed E-state index contributed by atoms with van der Waals surface area (Å²) in [7, 11) is 0. The van der Waals surface area contributed by atoms with Crippen LogP contribution in [0.3, 0.4) is 0 Å². The van der Waals surface area contributed by atoms with Gasteiger partial charge in [-0.2, -0.15) is 0 Å². The minimum atomic E-state index is -0.129. The first-order valence-corrected chi connectivity index (χ1v) is 3.84. The quantitative estimate of drug-likeness (QED) is 0.480. The number of ether oxygens (including phenoxy) is 1. The molecule has 2 aliphatic heterocycles. The summed E-state index contributed by atoms with van der Waals surface area (Å²) in [6.07, 6.45) is 1.50. The third-order valence-corrected chi connectivity index (χ3v) is 2.36. The molecular formula is C7H13NO2. The molecule has 3 heteroatoms. The second-order valence-corrected chi connectivity index (χ2v) is 3.28. The Morgan fingerprint density at radius 3 is 2.70 bits per heavy atom. The molecule has 0 aromatic heterocycles. The topological polar surface area (TPSA) is 41.5 Å².